The highest BCUT2D eigenvalue weighted by molar-refractivity contribution is 9.10. The molecule has 0 spiro atoms. The van der Waals surface area contributed by atoms with Crippen molar-refractivity contribution in [3.63, 3.8) is 0 Å². The van der Waals surface area contributed by atoms with E-state index in [2.05, 4.69) is 15.9 Å². The number of rotatable bonds is 5. The van der Waals surface area contributed by atoms with E-state index < -0.39 is 4.92 Å². The predicted molar refractivity (Wildman–Crippen MR) is 98.4 cm³/mol. The second-order valence-corrected chi connectivity index (χ2v) is 7.05. The highest BCUT2D eigenvalue weighted by Crippen LogP contribution is 2.36. The van der Waals surface area contributed by atoms with Crippen LogP contribution < -0.4 is 9.47 Å². The molecule has 0 aliphatic carbocycles. The molecule has 0 atom stereocenters. The standard InChI is InChI=1S/C17H16BrClN2O4/c1-20(10-12-6-13(21(22)23)2-3-15(12)19)9-11-7-16-17(8-14(11)18)25-5-4-24-16/h2-3,6-8H,4-5,9-10H2,1H3. The second kappa shape index (κ2) is 7.59. The van der Waals surface area contributed by atoms with Crippen LogP contribution in [0.4, 0.5) is 5.69 Å². The molecule has 0 bridgehead atoms. The van der Waals surface area contributed by atoms with Gasteiger partial charge in [-0.1, -0.05) is 27.5 Å². The number of nitro groups is 1. The molecule has 1 aliphatic rings. The zero-order chi connectivity index (χ0) is 18.0. The topological polar surface area (TPSA) is 64.8 Å². The Morgan fingerprint density at radius 1 is 1.16 bits per heavy atom. The lowest BCUT2D eigenvalue weighted by atomic mass is 10.1. The van der Waals surface area contributed by atoms with Crippen LogP contribution in [-0.2, 0) is 13.1 Å². The third-order valence-electron chi connectivity index (χ3n) is 3.83. The summed E-state index contributed by atoms with van der Waals surface area (Å²) in [7, 11) is 1.93. The molecule has 25 heavy (non-hydrogen) atoms. The fourth-order valence-corrected chi connectivity index (χ4v) is 3.29. The fourth-order valence-electron chi connectivity index (χ4n) is 2.66. The summed E-state index contributed by atoms with van der Waals surface area (Å²) < 4.78 is 12.1. The number of benzene rings is 2. The number of nitrogens with zero attached hydrogens (tertiary/aromatic N) is 2. The molecule has 1 aliphatic heterocycles. The van der Waals surface area contributed by atoms with E-state index in [0.29, 0.717) is 36.9 Å². The zero-order valence-corrected chi connectivity index (χ0v) is 15.8. The van der Waals surface area contributed by atoms with Crippen LogP contribution >= 0.6 is 27.5 Å². The molecule has 132 valence electrons. The summed E-state index contributed by atoms with van der Waals surface area (Å²) in [5.41, 5.74) is 1.79. The number of hydrogen-bond acceptors (Lipinski definition) is 5. The minimum absolute atomic E-state index is 0.0355. The van der Waals surface area contributed by atoms with Gasteiger partial charge in [0.25, 0.3) is 5.69 Å². The Morgan fingerprint density at radius 3 is 2.48 bits per heavy atom. The summed E-state index contributed by atoms with van der Waals surface area (Å²) >= 11 is 9.74. The first kappa shape index (κ1) is 18.0. The van der Waals surface area contributed by atoms with Crippen molar-refractivity contribution in [1.29, 1.82) is 0 Å². The van der Waals surface area contributed by atoms with Crippen molar-refractivity contribution in [3.05, 3.63) is 61.1 Å². The molecule has 0 saturated carbocycles. The number of ether oxygens (including phenoxy) is 2. The summed E-state index contributed by atoms with van der Waals surface area (Å²) in [5, 5.41) is 11.5. The van der Waals surface area contributed by atoms with Crippen molar-refractivity contribution in [1.82, 2.24) is 4.90 Å². The molecule has 3 rings (SSSR count). The van der Waals surface area contributed by atoms with E-state index in [9.17, 15) is 10.1 Å². The number of halogens is 2. The van der Waals surface area contributed by atoms with Crippen LogP contribution in [0.15, 0.2) is 34.8 Å². The molecular weight excluding hydrogens is 412 g/mol. The Kier molecular flexibility index (Phi) is 5.46. The summed E-state index contributed by atoms with van der Waals surface area (Å²) in [6.07, 6.45) is 0. The first-order valence-electron chi connectivity index (χ1n) is 7.63. The van der Waals surface area contributed by atoms with Crippen molar-refractivity contribution in [2.45, 2.75) is 13.1 Å². The summed E-state index contributed by atoms with van der Waals surface area (Å²) in [5.74, 6) is 1.46. The van der Waals surface area contributed by atoms with Gasteiger partial charge in [-0.05, 0) is 36.4 Å². The second-order valence-electron chi connectivity index (χ2n) is 5.79. The van der Waals surface area contributed by atoms with Crippen LogP contribution in [0.25, 0.3) is 0 Å². The maximum absolute atomic E-state index is 10.9. The van der Waals surface area contributed by atoms with E-state index in [1.54, 1.807) is 6.07 Å². The molecular formula is C17H16BrClN2O4. The Bertz CT molecular complexity index is 815. The summed E-state index contributed by atoms with van der Waals surface area (Å²) in [6, 6.07) is 8.33. The molecule has 8 heteroatoms. The lowest BCUT2D eigenvalue weighted by Crippen LogP contribution is -2.19. The van der Waals surface area contributed by atoms with Gasteiger partial charge in [0.15, 0.2) is 11.5 Å². The normalized spacial score (nSPS) is 13.1. The van der Waals surface area contributed by atoms with Crippen LogP contribution in [0, 0.1) is 10.1 Å². The van der Waals surface area contributed by atoms with Gasteiger partial charge >= 0.3 is 0 Å². The molecule has 0 fully saturated rings. The monoisotopic (exact) mass is 426 g/mol. The third kappa shape index (κ3) is 4.23. The molecule has 0 radical (unpaired) electrons. The summed E-state index contributed by atoms with van der Waals surface area (Å²) in [4.78, 5) is 12.5. The van der Waals surface area contributed by atoms with Gasteiger partial charge < -0.3 is 9.47 Å². The fraction of sp³-hybridized carbons (Fsp3) is 0.294. The van der Waals surface area contributed by atoms with E-state index in [0.717, 1.165) is 21.5 Å². The van der Waals surface area contributed by atoms with Crippen LogP contribution in [-0.4, -0.2) is 30.1 Å². The van der Waals surface area contributed by atoms with Gasteiger partial charge in [0, 0.05) is 34.7 Å². The van der Waals surface area contributed by atoms with Crippen molar-refractivity contribution >= 4 is 33.2 Å². The van der Waals surface area contributed by atoms with Crippen LogP contribution in [0.3, 0.4) is 0 Å². The molecule has 1 heterocycles. The third-order valence-corrected chi connectivity index (χ3v) is 4.94. The Labute approximate surface area is 158 Å². The van der Waals surface area contributed by atoms with Crippen molar-refractivity contribution in [2.75, 3.05) is 20.3 Å². The largest absolute Gasteiger partial charge is 0.486 e. The quantitative estimate of drug-likeness (QED) is 0.522. The van der Waals surface area contributed by atoms with E-state index in [-0.39, 0.29) is 5.69 Å². The van der Waals surface area contributed by atoms with Crippen LogP contribution in [0.1, 0.15) is 11.1 Å². The van der Waals surface area contributed by atoms with Gasteiger partial charge in [-0.2, -0.15) is 0 Å². The van der Waals surface area contributed by atoms with Gasteiger partial charge in [0.05, 0.1) is 4.92 Å². The van der Waals surface area contributed by atoms with Gasteiger partial charge in [-0.3, -0.25) is 15.0 Å². The molecule has 2 aromatic rings. The number of fused-ring (bicyclic) bond motifs is 1. The average molecular weight is 428 g/mol. The molecule has 0 unspecified atom stereocenters. The van der Waals surface area contributed by atoms with Gasteiger partial charge in [-0.25, -0.2) is 0 Å². The van der Waals surface area contributed by atoms with Crippen LogP contribution in [0.2, 0.25) is 5.02 Å². The van der Waals surface area contributed by atoms with E-state index in [4.69, 9.17) is 21.1 Å². The molecule has 0 amide bonds. The Hall–Kier alpha value is -1.83. The lowest BCUT2D eigenvalue weighted by Gasteiger charge is -2.22. The van der Waals surface area contributed by atoms with Crippen LogP contribution in [0.5, 0.6) is 11.5 Å². The van der Waals surface area contributed by atoms with E-state index in [1.807, 2.05) is 24.1 Å². The molecule has 0 aromatic heterocycles. The molecule has 0 saturated heterocycles. The predicted octanol–water partition coefficient (Wildman–Crippen LogP) is 4.41. The SMILES string of the molecule is CN(Cc1cc([N+](=O)[O-])ccc1Cl)Cc1cc2c(cc1Br)OCCO2. The first-order valence-corrected chi connectivity index (χ1v) is 8.80. The Balaban J connectivity index is 1.76. The number of hydrogen-bond donors (Lipinski definition) is 0. The minimum Gasteiger partial charge on any atom is -0.486 e. The van der Waals surface area contributed by atoms with Crippen molar-refractivity contribution in [2.24, 2.45) is 0 Å². The maximum atomic E-state index is 10.9. The van der Waals surface area contributed by atoms with Crippen molar-refractivity contribution in [3.8, 4) is 11.5 Å². The number of non-ortho nitro benzene ring substituents is 1. The summed E-state index contributed by atoms with van der Waals surface area (Å²) in [6.45, 7) is 2.19. The van der Waals surface area contributed by atoms with E-state index in [1.165, 1.54) is 12.1 Å². The van der Waals surface area contributed by atoms with Gasteiger partial charge in [-0.15, -0.1) is 0 Å². The smallest absolute Gasteiger partial charge is 0.269 e. The average Bonchev–Trinajstić information content (AvgIpc) is 2.57. The minimum atomic E-state index is -0.419. The first-order chi connectivity index (χ1) is 11.9. The highest BCUT2D eigenvalue weighted by Gasteiger charge is 2.17. The van der Waals surface area contributed by atoms with Crippen molar-refractivity contribution < 1.29 is 14.4 Å². The van der Waals surface area contributed by atoms with Gasteiger partial charge in [0.1, 0.15) is 13.2 Å². The Morgan fingerprint density at radius 2 is 1.80 bits per heavy atom. The maximum Gasteiger partial charge on any atom is 0.269 e. The van der Waals surface area contributed by atoms with E-state index >= 15 is 0 Å². The molecule has 6 nitrogen and oxygen atoms in total. The lowest BCUT2D eigenvalue weighted by molar-refractivity contribution is -0.384. The number of nitro benzene ring substituents is 1. The van der Waals surface area contributed by atoms with Gasteiger partial charge in [0.2, 0.25) is 0 Å². The molecule has 2 aromatic carbocycles. The highest BCUT2D eigenvalue weighted by atomic mass is 79.9. The zero-order valence-electron chi connectivity index (χ0n) is 13.5. The molecule has 0 N–H and O–H groups in total.